The van der Waals surface area contributed by atoms with Crippen molar-refractivity contribution in [1.82, 2.24) is 4.31 Å². The van der Waals surface area contributed by atoms with Gasteiger partial charge in [0, 0.05) is 13.1 Å². The molecule has 0 N–H and O–H groups in total. The first-order valence-corrected chi connectivity index (χ1v) is 10.9. The minimum absolute atomic E-state index is 0.277. The molecule has 0 aliphatic carbocycles. The van der Waals surface area contributed by atoms with Crippen molar-refractivity contribution in [1.29, 1.82) is 0 Å². The molecule has 0 saturated carbocycles. The molecule has 0 spiro atoms. The molecule has 0 radical (unpaired) electrons. The number of unbranched alkanes of at least 4 members (excludes halogenated alkanes) is 1. The average Bonchev–Trinajstić information content (AvgIpc) is 2.72. The predicted molar refractivity (Wildman–Crippen MR) is 108 cm³/mol. The Balaban J connectivity index is 1.78. The van der Waals surface area contributed by atoms with Crippen molar-refractivity contribution in [2.45, 2.75) is 37.6 Å². The quantitative estimate of drug-likeness (QED) is 0.628. The fraction of sp³-hybridized carbons (Fsp3) is 0.429. The summed E-state index contributed by atoms with van der Waals surface area (Å²) in [6.07, 6.45) is 2.66. The molecule has 1 heterocycles. The average molecular weight is 406 g/mol. The topological polar surface area (TPSA) is 65.1 Å². The second-order valence-electron chi connectivity index (χ2n) is 6.74. The molecule has 28 heavy (non-hydrogen) atoms. The van der Waals surface area contributed by atoms with Crippen LogP contribution < -0.4 is 14.2 Å². The number of ether oxygens (including phenoxy) is 3. The molecular weight excluding hydrogens is 378 g/mol. The van der Waals surface area contributed by atoms with Crippen LogP contribution in [-0.2, 0) is 23.0 Å². The lowest BCUT2D eigenvalue weighted by atomic mass is 10.0. The zero-order chi connectivity index (χ0) is 20.1. The molecule has 0 amide bonds. The molecular formula is C21H27NO5S. The van der Waals surface area contributed by atoms with Crippen molar-refractivity contribution in [3.05, 3.63) is 47.5 Å². The third kappa shape index (κ3) is 4.25. The van der Waals surface area contributed by atoms with E-state index in [9.17, 15) is 8.42 Å². The normalized spacial score (nSPS) is 14.4. The van der Waals surface area contributed by atoms with E-state index in [1.54, 1.807) is 38.5 Å². The Kier molecular flexibility index (Phi) is 6.46. The summed E-state index contributed by atoms with van der Waals surface area (Å²) in [5.41, 5.74) is 2.02. The standard InChI is InChI=1S/C21H27NO5S/c1-4-5-12-27-18-6-8-19(9-7-18)28(23,24)22-11-10-16-13-20(25-2)21(26-3)14-17(16)15-22/h6-9,13-14H,4-5,10-12,15H2,1-3H3. The van der Waals surface area contributed by atoms with Gasteiger partial charge in [0.05, 0.1) is 25.7 Å². The van der Waals surface area contributed by atoms with Gasteiger partial charge in [-0.25, -0.2) is 8.42 Å². The number of nitrogens with zero attached hydrogens (tertiary/aromatic N) is 1. The highest BCUT2D eigenvalue weighted by atomic mass is 32.2. The molecule has 2 aromatic carbocycles. The van der Waals surface area contributed by atoms with Crippen LogP contribution in [0.2, 0.25) is 0 Å². The first-order valence-electron chi connectivity index (χ1n) is 9.46. The minimum Gasteiger partial charge on any atom is -0.494 e. The number of sulfonamides is 1. The first-order chi connectivity index (χ1) is 13.5. The maximum atomic E-state index is 13.1. The zero-order valence-corrected chi connectivity index (χ0v) is 17.4. The maximum Gasteiger partial charge on any atom is 0.243 e. The van der Waals surface area contributed by atoms with Crippen LogP contribution >= 0.6 is 0 Å². The van der Waals surface area contributed by atoms with Gasteiger partial charge in [-0.1, -0.05) is 13.3 Å². The van der Waals surface area contributed by atoms with Crippen molar-refractivity contribution in [3.63, 3.8) is 0 Å². The summed E-state index contributed by atoms with van der Waals surface area (Å²) in [4.78, 5) is 0.277. The Labute approximate surface area is 167 Å². The summed E-state index contributed by atoms with van der Waals surface area (Å²) in [5, 5.41) is 0. The Bertz CT molecular complexity index is 909. The number of benzene rings is 2. The van der Waals surface area contributed by atoms with Crippen LogP contribution in [0, 0.1) is 0 Å². The van der Waals surface area contributed by atoms with Crippen LogP contribution in [0.3, 0.4) is 0 Å². The van der Waals surface area contributed by atoms with E-state index in [1.807, 2.05) is 12.1 Å². The van der Waals surface area contributed by atoms with Crippen molar-refractivity contribution < 1.29 is 22.6 Å². The van der Waals surface area contributed by atoms with Gasteiger partial charge in [0.25, 0.3) is 0 Å². The highest BCUT2D eigenvalue weighted by Crippen LogP contribution is 2.34. The van der Waals surface area contributed by atoms with Crippen LogP contribution in [0.5, 0.6) is 17.2 Å². The third-order valence-electron chi connectivity index (χ3n) is 4.91. The van der Waals surface area contributed by atoms with Crippen molar-refractivity contribution in [3.8, 4) is 17.2 Å². The number of rotatable bonds is 8. The van der Waals surface area contributed by atoms with Gasteiger partial charge in [0.2, 0.25) is 10.0 Å². The number of hydrogen-bond acceptors (Lipinski definition) is 5. The van der Waals surface area contributed by atoms with E-state index in [1.165, 1.54) is 4.31 Å². The van der Waals surface area contributed by atoms with E-state index < -0.39 is 10.0 Å². The van der Waals surface area contributed by atoms with E-state index in [4.69, 9.17) is 14.2 Å². The van der Waals surface area contributed by atoms with E-state index in [-0.39, 0.29) is 4.90 Å². The Morgan fingerprint density at radius 1 is 1.00 bits per heavy atom. The smallest absolute Gasteiger partial charge is 0.243 e. The van der Waals surface area contributed by atoms with Crippen LogP contribution in [0.15, 0.2) is 41.3 Å². The lowest BCUT2D eigenvalue weighted by Gasteiger charge is -2.29. The van der Waals surface area contributed by atoms with Gasteiger partial charge < -0.3 is 14.2 Å². The van der Waals surface area contributed by atoms with E-state index in [0.29, 0.717) is 43.4 Å². The molecule has 2 aromatic rings. The minimum atomic E-state index is -3.58. The van der Waals surface area contributed by atoms with E-state index in [2.05, 4.69) is 6.92 Å². The van der Waals surface area contributed by atoms with Crippen LogP contribution in [-0.4, -0.2) is 40.1 Å². The van der Waals surface area contributed by atoms with Gasteiger partial charge >= 0.3 is 0 Å². The highest BCUT2D eigenvalue weighted by molar-refractivity contribution is 7.89. The van der Waals surface area contributed by atoms with Crippen molar-refractivity contribution >= 4 is 10.0 Å². The molecule has 0 bridgehead atoms. The van der Waals surface area contributed by atoms with Gasteiger partial charge in [0.15, 0.2) is 11.5 Å². The lowest BCUT2D eigenvalue weighted by molar-refractivity contribution is 0.309. The number of fused-ring (bicyclic) bond motifs is 1. The van der Waals surface area contributed by atoms with Crippen LogP contribution in [0.1, 0.15) is 30.9 Å². The summed E-state index contributed by atoms with van der Waals surface area (Å²) < 4.78 is 44.0. The maximum absolute atomic E-state index is 13.1. The molecule has 3 rings (SSSR count). The summed E-state index contributed by atoms with van der Waals surface area (Å²) in [7, 11) is -0.404. The lowest BCUT2D eigenvalue weighted by Crippen LogP contribution is -2.36. The molecule has 0 saturated heterocycles. The third-order valence-corrected chi connectivity index (χ3v) is 6.77. The summed E-state index contributed by atoms with van der Waals surface area (Å²) in [6.45, 7) is 3.48. The van der Waals surface area contributed by atoms with E-state index >= 15 is 0 Å². The van der Waals surface area contributed by atoms with Gasteiger partial charge in [-0.3, -0.25) is 0 Å². The molecule has 0 unspecified atom stereocenters. The second-order valence-corrected chi connectivity index (χ2v) is 8.68. The fourth-order valence-corrected chi connectivity index (χ4v) is 4.67. The fourth-order valence-electron chi connectivity index (χ4n) is 3.25. The van der Waals surface area contributed by atoms with Crippen LogP contribution in [0.4, 0.5) is 0 Å². The predicted octanol–water partition coefficient (Wildman–Crippen LogP) is 3.63. The van der Waals surface area contributed by atoms with E-state index in [0.717, 1.165) is 24.0 Å². The molecule has 0 fully saturated rings. The molecule has 1 aliphatic heterocycles. The Morgan fingerprint density at radius 3 is 2.25 bits per heavy atom. The summed E-state index contributed by atoms with van der Waals surface area (Å²) in [5.74, 6) is 1.96. The Morgan fingerprint density at radius 2 is 1.64 bits per heavy atom. The summed E-state index contributed by atoms with van der Waals surface area (Å²) in [6, 6.07) is 10.4. The molecule has 152 valence electrons. The molecule has 0 atom stereocenters. The van der Waals surface area contributed by atoms with Gasteiger partial charge in [-0.05, 0) is 60.4 Å². The second kappa shape index (κ2) is 8.84. The molecule has 6 nitrogen and oxygen atoms in total. The van der Waals surface area contributed by atoms with Crippen LogP contribution in [0.25, 0.3) is 0 Å². The van der Waals surface area contributed by atoms with Crippen molar-refractivity contribution in [2.24, 2.45) is 0 Å². The monoisotopic (exact) mass is 405 g/mol. The SMILES string of the molecule is CCCCOc1ccc(S(=O)(=O)N2CCc3cc(OC)c(OC)cc3C2)cc1. The van der Waals surface area contributed by atoms with Crippen molar-refractivity contribution in [2.75, 3.05) is 27.4 Å². The van der Waals surface area contributed by atoms with Gasteiger partial charge in [-0.15, -0.1) is 0 Å². The number of methoxy groups -OCH3 is 2. The first kappa shape index (κ1) is 20.5. The van der Waals surface area contributed by atoms with Gasteiger partial charge in [0.1, 0.15) is 5.75 Å². The molecule has 1 aliphatic rings. The summed E-state index contributed by atoms with van der Waals surface area (Å²) >= 11 is 0. The Hall–Kier alpha value is -2.25. The highest BCUT2D eigenvalue weighted by Gasteiger charge is 2.29. The zero-order valence-electron chi connectivity index (χ0n) is 16.6. The van der Waals surface area contributed by atoms with Gasteiger partial charge in [-0.2, -0.15) is 4.31 Å². The number of hydrogen-bond donors (Lipinski definition) is 0. The largest absolute Gasteiger partial charge is 0.494 e. The molecule has 7 heteroatoms. The molecule has 0 aromatic heterocycles.